The molecule has 0 saturated heterocycles. The van der Waals surface area contributed by atoms with Crippen molar-refractivity contribution in [3.63, 3.8) is 0 Å². The van der Waals surface area contributed by atoms with Crippen molar-refractivity contribution >= 4 is 17.0 Å². The topological polar surface area (TPSA) is 84.3 Å². The number of benzene rings is 1. The molecule has 1 aromatic heterocycles. The number of carboxylic acids is 1. The molecule has 0 atom stereocenters. The van der Waals surface area contributed by atoms with Gasteiger partial charge in [0, 0.05) is 6.61 Å². The van der Waals surface area contributed by atoms with Gasteiger partial charge in [-0.15, -0.1) is 0 Å². The fourth-order valence-corrected chi connectivity index (χ4v) is 2.26. The summed E-state index contributed by atoms with van der Waals surface area (Å²) in [5.41, 5.74) is 0.567. The van der Waals surface area contributed by atoms with Crippen molar-refractivity contribution in [2.75, 3.05) is 6.61 Å². The average molecular weight is 278 g/mol. The third-order valence-corrected chi connectivity index (χ3v) is 3.10. The molecule has 6 heteroatoms. The third kappa shape index (κ3) is 2.75. The first-order valence-corrected chi connectivity index (χ1v) is 6.44. The number of aromatic nitrogens is 2. The van der Waals surface area contributed by atoms with E-state index < -0.39 is 11.6 Å². The predicted octanol–water partition coefficient (Wildman–Crippen LogP) is 1.84. The lowest BCUT2D eigenvalue weighted by Gasteiger charge is -2.24. The van der Waals surface area contributed by atoms with Crippen LogP contribution in [-0.2, 0) is 11.3 Å². The Morgan fingerprint density at radius 1 is 1.45 bits per heavy atom. The van der Waals surface area contributed by atoms with Gasteiger partial charge in [-0.25, -0.2) is 9.59 Å². The summed E-state index contributed by atoms with van der Waals surface area (Å²) in [7, 11) is 0. The van der Waals surface area contributed by atoms with E-state index in [4.69, 9.17) is 9.84 Å². The summed E-state index contributed by atoms with van der Waals surface area (Å²) < 4.78 is 7.11. The van der Waals surface area contributed by atoms with Crippen LogP contribution in [0.3, 0.4) is 0 Å². The molecule has 20 heavy (non-hydrogen) atoms. The second-order valence-electron chi connectivity index (χ2n) is 5.25. The van der Waals surface area contributed by atoms with Gasteiger partial charge in [0.05, 0.1) is 28.7 Å². The van der Waals surface area contributed by atoms with Gasteiger partial charge >= 0.3 is 11.7 Å². The van der Waals surface area contributed by atoms with Crippen LogP contribution in [-0.4, -0.2) is 32.8 Å². The Morgan fingerprint density at radius 3 is 2.75 bits per heavy atom. The third-order valence-electron chi connectivity index (χ3n) is 3.10. The molecule has 0 fully saturated rings. The number of carboxylic acid groups (broad SMARTS) is 1. The minimum Gasteiger partial charge on any atom is -0.478 e. The average Bonchev–Trinajstić information content (AvgIpc) is 2.64. The lowest BCUT2D eigenvalue weighted by Crippen LogP contribution is -2.34. The summed E-state index contributed by atoms with van der Waals surface area (Å²) in [6, 6.07) is 4.57. The summed E-state index contributed by atoms with van der Waals surface area (Å²) in [5, 5.41) is 9.04. The van der Waals surface area contributed by atoms with Crippen LogP contribution in [0.2, 0.25) is 0 Å². The highest BCUT2D eigenvalue weighted by Gasteiger charge is 2.21. The Hall–Kier alpha value is -2.08. The minimum absolute atomic E-state index is 0.152. The van der Waals surface area contributed by atoms with E-state index in [2.05, 4.69) is 4.98 Å². The van der Waals surface area contributed by atoms with Crippen molar-refractivity contribution in [1.82, 2.24) is 9.55 Å². The van der Waals surface area contributed by atoms with E-state index in [1.54, 1.807) is 6.07 Å². The fourth-order valence-electron chi connectivity index (χ4n) is 2.26. The molecule has 0 radical (unpaired) electrons. The second kappa shape index (κ2) is 5.13. The van der Waals surface area contributed by atoms with Gasteiger partial charge < -0.3 is 14.8 Å². The molecule has 0 aliphatic heterocycles. The maximum Gasteiger partial charge on any atom is 0.335 e. The fraction of sp³-hybridized carbons (Fsp3) is 0.429. The summed E-state index contributed by atoms with van der Waals surface area (Å²) in [6.07, 6.45) is 0. The SMILES string of the molecule is CCOC(C)(C)Cn1c(=O)[nH]c2ccc(C(=O)O)cc21. The maximum absolute atomic E-state index is 12.0. The van der Waals surface area contributed by atoms with Gasteiger partial charge in [-0.2, -0.15) is 0 Å². The number of fused-ring (bicyclic) bond motifs is 1. The van der Waals surface area contributed by atoms with E-state index in [1.807, 2.05) is 20.8 Å². The van der Waals surface area contributed by atoms with E-state index in [9.17, 15) is 9.59 Å². The number of hydrogen-bond donors (Lipinski definition) is 2. The maximum atomic E-state index is 12.0. The van der Waals surface area contributed by atoms with Gasteiger partial charge in [0.2, 0.25) is 0 Å². The van der Waals surface area contributed by atoms with E-state index >= 15 is 0 Å². The van der Waals surface area contributed by atoms with E-state index in [-0.39, 0.29) is 11.3 Å². The number of nitrogens with zero attached hydrogens (tertiary/aromatic N) is 1. The van der Waals surface area contributed by atoms with Gasteiger partial charge in [-0.3, -0.25) is 4.57 Å². The molecule has 1 heterocycles. The van der Waals surface area contributed by atoms with Crippen molar-refractivity contribution in [3.8, 4) is 0 Å². The Kier molecular flexibility index (Phi) is 3.67. The van der Waals surface area contributed by atoms with Crippen LogP contribution in [0.25, 0.3) is 11.0 Å². The van der Waals surface area contributed by atoms with Crippen LogP contribution in [0, 0.1) is 0 Å². The number of imidazole rings is 1. The van der Waals surface area contributed by atoms with E-state index in [0.29, 0.717) is 24.2 Å². The van der Waals surface area contributed by atoms with E-state index in [1.165, 1.54) is 16.7 Å². The molecule has 2 N–H and O–H groups in total. The molecular weight excluding hydrogens is 260 g/mol. The van der Waals surface area contributed by atoms with Gasteiger partial charge in [-0.1, -0.05) is 0 Å². The highest BCUT2D eigenvalue weighted by atomic mass is 16.5. The first kappa shape index (κ1) is 14.3. The molecule has 0 unspecified atom stereocenters. The number of hydrogen-bond acceptors (Lipinski definition) is 3. The van der Waals surface area contributed by atoms with Crippen molar-refractivity contribution in [2.45, 2.75) is 32.9 Å². The molecule has 1 aromatic carbocycles. The first-order chi connectivity index (χ1) is 9.34. The van der Waals surface area contributed by atoms with Gasteiger partial charge in [-0.05, 0) is 39.0 Å². The molecule has 0 saturated carbocycles. The monoisotopic (exact) mass is 278 g/mol. The number of aromatic carboxylic acids is 1. The Morgan fingerprint density at radius 2 is 2.15 bits per heavy atom. The zero-order valence-corrected chi connectivity index (χ0v) is 11.8. The normalized spacial score (nSPS) is 11.9. The van der Waals surface area contributed by atoms with Crippen LogP contribution in [0.5, 0.6) is 0 Å². The quantitative estimate of drug-likeness (QED) is 0.874. The molecule has 0 bridgehead atoms. The molecule has 2 aromatic rings. The number of ether oxygens (including phenoxy) is 1. The lowest BCUT2D eigenvalue weighted by atomic mass is 10.1. The molecule has 0 amide bonds. The standard InChI is InChI=1S/C14H18N2O4/c1-4-20-14(2,3)8-16-11-7-9(12(17)18)5-6-10(11)15-13(16)19/h5-7H,4,8H2,1-3H3,(H,15,19)(H,17,18). The Bertz CT molecular complexity index is 697. The molecule has 0 spiro atoms. The number of rotatable bonds is 5. The summed E-state index contributed by atoms with van der Waals surface area (Å²) >= 11 is 0. The van der Waals surface area contributed by atoms with Crippen LogP contribution < -0.4 is 5.69 Å². The number of aromatic amines is 1. The van der Waals surface area contributed by atoms with Crippen LogP contribution in [0.1, 0.15) is 31.1 Å². The minimum atomic E-state index is -1.02. The van der Waals surface area contributed by atoms with Crippen molar-refractivity contribution < 1.29 is 14.6 Å². The van der Waals surface area contributed by atoms with Crippen LogP contribution >= 0.6 is 0 Å². The Labute approximate surface area is 116 Å². The zero-order chi connectivity index (χ0) is 14.9. The summed E-state index contributed by atoms with van der Waals surface area (Å²) in [4.78, 5) is 25.8. The molecule has 6 nitrogen and oxygen atoms in total. The highest BCUT2D eigenvalue weighted by Crippen LogP contribution is 2.17. The number of carbonyl (C=O) groups is 1. The second-order valence-corrected chi connectivity index (χ2v) is 5.25. The summed E-state index contributed by atoms with van der Waals surface area (Å²) in [6.45, 7) is 6.57. The van der Waals surface area contributed by atoms with E-state index in [0.717, 1.165) is 0 Å². The van der Waals surface area contributed by atoms with Crippen LogP contribution in [0.15, 0.2) is 23.0 Å². The predicted molar refractivity (Wildman–Crippen MR) is 75.2 cm³/mol. The van der Waals surface area contributed by atoms with Crippen LogP contribution in [0.4, 0.5) is 0 Å². The largest absolute Gasteiger partial charge is 0.478 e. The lowest BCUT2D eigenvalue weighted by molar-refractivity contribution is -0.0222. The number of H-pyrrole nitrogens is 1. The first-order valence-electron chi connectivity index (χ1n) is 6.44. The molecule has 0 aliphatic carbocycles. The highest BCUT2D eigenvalue weighted by molar-refractivity contribution is 5.92. The van der Waals surface area contributed by atoms with Gasteiger partial charge in [0.15, 0.2) is 0 Å². The molecular formula is C14H18N2O4. The van der Waals surface area contributed by atoms with Gasteiger partial charge in [0.1, 0.15) is 0 Å². The Balaban J connectivity index is 2.52. The molecule has 108 valence electrons. The van der Waals surface area contributed by atoms with Crippen molar-refractivity contribution in [1.29, 1.82) is 0 Å². The number of nitrogens with one attached hydrogen (secondary N) is 1. The van der Waals surface area contributed by atoms with Gasteiger partial charge in [0.25, 0.3) is 0 Å². The smallest absolute Gasteiger partial charge is 0.335 e. The zero-order valence-electron chi connectivity index (χ0n) is 11.8. The molecule has 2 rings (SSSR count). The van der Waals surface area contributed by atoms with Crippen molar-refractivity contribution in [3.05, 3.63) is 34.2 Å². The summed E-state index contributed by atoms with van der Waals surface area (Å²) in [5.74, 6) is -1.02. The van der Waals surface area contributed by atoms with Crippen molar-refractivity contribution in [2.24, 2.45) is 0 Å². The molecule has 0 aliphatic rings.